The lowest BCUT2D eigenvalue weighted by atomic mass is 10.2. The van der Waals surface area contributed by atoms with Crippen LogP contribution in [0.3, 0.4) is 0 Å². The van der Waals surface area contributed by atoms with Gasteiger partial charge >= 0.3 is 0 Å². The van der Waals surface area contributed by atoms with E-state index in [4.69, 9.17) is 17.3 Å². The molecule has 20 heavy (non-hydrogen) atoms. The Kier molecular flexibility index (Phi) is 4.93. The number of nitrogens with zero attached hydrogens (tertiary/aromatic N) is 1. The molecule has 0 aliphatic carbocycles. The summed E-state index contributed by atoms with van der Waals surface area (Å²) in [5.41, 5.74) is 8.58. The Morgan fingerprint density at radius 3 is 2.80 bits per heavy atom. The third-order valence-electron chi connectivity index (χ3n) is 2.68. The Morgan fingerprint density at radius 1 is 1.25 bits per heavy atom. The molecule has 2 rings (SSSR count). The first-order valence-corrected chi connectivity index (χ1v) is 7.70. The van der Waals surface area contributed by atoms with Crippen LogP contribution < -0.4 is 11.1 Å². The lowest BCUT2D eigenvalue weighted by Gasteiger charge is -2.07. The maximum Gasteiger partial charge on any atom is 0.198 e. The average Bonchev–Trinajstić information content (AvgIpc) is 2.43. The van der Waals surface area contributed by atoms with Gasteiger partial charge in [-0.3, -0.25) is 0 Å². The largest absolute Gasteiger partial charge is 0.369 e. The zero-order chi connectivity index (χ0) is 14.5. The zero-order valence-electron chi connectivity index (χ0n) is 11.4. The van der Waals surface area contributed by atoms with Gasteiger partial charge in [-0.05, 0) is 49.1 Å². The number of nitrogens with two attached hydrogens (primary N) is 1. The van der Waals surface area contributed by atoms with E-state index in [0.29, 0.717) is 16.7 Å². The van der Waals surface area contributed by atoms with Gasteiger partial charge in [-0.1, -0.05) is 23.7 Å². The van der Waals surface area contributed by atoms with Gasteiger partial charge in [0.15, 0.2) is 5.96 Å². The van der Waals surface area contributed by atoms with Gasteiger partial charge in [0, 0.05) is 10.6 Å². The minimum atomic E-state index is 0.316. The first-order chi connectivity index (χ1) is 9.58. The molecule has 0 aliphatic rings. The second kappa shape index (κ2) is 6.68. The molecule has 0 saturated carbocycles. The van der Waals surface area contributed by atoms with E-state index in [1.54, 1.807) is 11.8 Å². The van der Waals surface area contributed by atoms with Crippen molar-refractivity contribution in [1.29, 1.82) is 0 Å². The van der Waals surface area contributed by atoms with Gasteiger partial charge in [0.05, 0.1) is 10.7 Å². The van der Waals surface area contributed by atoms with E-state index in [0.717, 1.165) is 16.1 Å². The van der Waals surface area contributed by atoms with Crippen molar-refractivity contribution in [3.05, 3.63) is 53.1 Å². The number of hydrogen-bond donors (Lipinski definition) is 2. The number of thioether (sulfide) groups is 1. The molecule has 5 heteroatoms. The summed E-state index contributed by atoms with van der Waals surface area (Å²) in [6.07, 6.45) is 2.03. The standard InChI is InChI=1S/C15H16ClN3S/c1-10-6-7-13(16)14(8-10)19-15(17)18-11-4-3-5-12(9-11)20-2/h3-9H,1-2H3,(H3,17,18,19). The van der Waals surface area contributed by atoms with Crippen molar-refractivity contribution < 1.29 is 0 Å². The number of aliphatic imine (C=N–C) groups is 1. The van der Waals surface area contributed by atoms with Crippen molar-refractivity contribution in [2.45, 2.75) is 11.8 Å². The minimum Gasteiger partial charge on any atom is -0.369 e. The molecule has 0 radical (unpaired) electrons. The Hall–Kier alpha value is -1.65. The molecule has 0 amide bonds. The summed E-state index contributed by atoms with van der Waals surface area (Å²) in [6.45, 7) is 1.99. The molecule has 0 atom stereocenters. The second-order valence-electron chi connectivity index (χ2n) is 4.31. The van der Waals surface area contributed by atoms with Crippen LogP contribution in [-0.2, 0) is 0 Å². The first kappa shape index (κ1) is 14.8. The van der Waals surface area contributed by atoms with Crippen LogP contribution in [0.1, 0.15) is 5.56 Å². The van der Waals surface area contributed by atoms with Gasteiger partial charge in [-0.15, -0.1) is 11.8 Å². The number of aryl methyl sites for hydroxylation is 1. The molecule has 3 N–H and O–H groups in total. The summed E-state index contributed by atoms with van der Waals surface area (Å²) in [6, 6.07) is 13.6. The van der Waals surface area contributed by atoms with E-state index >= 15 is 0 Å². The van der Waals surface area contributed by atoms with E-state index in [1.807, 2.05) is 55.6 Å². The highest BCUT2D eigenvalue weighted by Crippen LogP contribution is 2.26. The summed E-state index contributed by atoms with van der Waals surface area (Å²) in [5.74, 6) is 0.316. The Labute approximate surface area is 128 Å². The van der Waals surface area contributed by atoms with Crippen LogP contribution in [0, 0.1) is 6.92 Å². The van der Waals surface area contributed by atoms with Crippen molar-refractivity contribution in [3.8, 4) is 0 Å². The summed E-state index contributed by atoms with van der Waals surface area (Å²) in [7, 11) is 0. The number of halogens is 1. The summed E-state index contributed by atoms with van der Waals surface area (Å²) < 4.78 is 0. The van der Waals surface area contributed by atoms with Gasteiger partial charge in [-0.2, -0.15) is 0 Å². The lowest BCUT2D eigenvalue weighted by molar-refractivity contribution is 1.39. The fourth-order valence-electron chi connectivity index (χ4n) is 1.71. The zero-order valence-corrected chi connectivity index (χ0v) is 12.9. The normalized spacial score (nSPS) is 11.4. The second-order valence-corrected chi connectivity index (χ2v) is 5.60. The third-order valence-corrected chi connectivity index (χ3v) is 3.73. The smallest absolute Gasteiger partial charge is 0.198 e. The highest BCUT2D eigenvalue weighted by molar-refractivity contribution is 7.98. The third kappa shape index (κ3) is 3.92. The molecule has 0 unspecified atom stereocenters. The molecule has 0 aliphatic heterocycles. The predicted molar refractivity (Wildman–Crippen MR) is 89.3 cm³/mol. The van der Waals surface area contributed by atoms with E-state index in [9.17, 15) is 0 Å². The molecule has 104 valence electrons. The van der Waals surface area contributed by atoms with E-state index in [-0.39, 0.29) is 0 Å². The van der Waals surface area contributed by atoms with Crippen molar-refractivity contribution in [2.24, 2.45) is 10.7 Å². The fourth-order valence-corrected chi connectivity index (χ4v) is 2.33. The number of hydrogen-bond acceptors (Lipinski definition) is 2. The fraction of sp³-hybridized carbons (Fsp3) is 0.133. The van der Waals surface area contributed by atoms with Crippen LogP contribution in [0.4, 0.5) is 11.4 Å². The topological polar surface area (TPSA) is 50.4 Å². The van der Waals surface area contributed by atoms with Gasteiger partial charge in [0.25, 0.3) is 0 Å². The lowest BCUT2D eigenvalue weighted by Crippen LogP contribution is -2.21. The molecule has 2 aromatic rings. The van der Waals surface area contributed by atoms with E-state index in [2.05, 4.69) is 10.3 Å². The Balaban J connectivity index is 2.20. The molecule has 0 saturated heterocycles. The number of anilines is 1. The number of rotatable bonds is 3. The summed E-state index contributed by atoms with van der Waals surface area (Å²) >= 11 is 7.77. The van der Waals surface area contributed by atoms with Crippen LogP contribution in [0.5, 0.6) is 0 Å². The molecule has 0 aromatic heterocycles. The molecule has 2 aromatic carbocycles. The Bertz CT molecular complexity index is 641. The Morgan fingerprint density at radius 2 is 2.05 bits per heavy atom. The van der Waals surface area contributed by atoms with Crippen LogP contribution in [0.15, 0.2) is 52.4 Å². The van der Waals surface area contributed by atoms with Crippen LogP contribution in [0.25, 0.3) is 0 Å². The van der Waals surface area contributed by atoms with Gasteiger partial charge < -0.3 is 11.1 Å². The number of guanidine groups is 1. The summed E-state index contributed by atoms with van der Waals surface area (Å²) in [4.78, 5) is 5.48. The van der Waals surface area contributed by atoms with E-state index in [1.165, 1.54) is 0 Å². The van der Waals surface area contributed by atoms with Crippen molar-refractivity contribution >= 4 is 40.7 Å². The SMILES string of the molecule is CSc1cccc(NC(N)=Nc2cc(C)ccc2Cl)c1. The van der Waals surface area contributed by atoms with E-state index < -0.39 is 0 Å². The van der Waals surface area contributed by atoms with Crippen LogP contribution >= 0.6 is 23.4 Å². The number of benzene rings is 2. The van der Waals surface area contributed by atoms with Crippen molar-refractivity contribution in [1.82, 2.24) is 0 Å². The molecular formula is C15H16ClN3S. The highest BCUT2D eigenvalue weighted by Gasteiger charge is 2.01. The average molecular weight is 306 g/mol. The molecule has 0 spiro atoms. The molecule has 0 bridgehead atoms. The minimum absolute atomic E-state index is 0.316. The molecule has 3 nitrogen and oxygen atoms in total. The predicted octanol–water partition coefficient (Wildman–Crippen LogP) is 4.43. The number of nitrogens with one attached hydrogen (secondary N) is 1. The molecule has 0 fully saturated rings. The van der Waals surface area contributed by atoms with Crippen molar-refractivity contribution in [2.75, 3.05) is 11.6 Å². The quantitative estimate of drug-likeness (QED) is 0.501. The first-order valence-electron chi connectivity index (χ1n) is 6.10. The van der Waals surface area contributed by atoms with Gasteiger partial charge in [0.1, 0.15) is 0 Å². The molecular weight excluding hydrogens is 290 g/mol. The highest BCUT2D eigenvalue weighted by atomic mass is 35.5. The van der Waals surface area contributed by atoms with Crippen LogP contribution in [-0.4, -0.2) is 12.2 Å². The van der Waals surface area contributed by atoms with Crippen LogP contribution in [0.2, 0.25) is 5.02 Å². The monoisotopic (exact) mass is 305 g/mol. The molecule has 0 heterocycles. The maximum atomic E-state index is 6.10. The summed E-state index contributed by atoms with van der Waals surface area (Å²) in [5, 5.41) is 3.65. The maximum absolute atomic E-state index is 6.10. The van der Waals surface area contributed by atoms with Crippen molar-refractivity contribution in [3.63, 3.8) is 0 Å². The van der Waals surface area contributed by atoms with Gasteiger partial charge in [0.2, 0.25) is 0 Å². The van der Waals surface area contributed by atoms with Gasteiger partial charge in [-0.25, -0.2) is 4.99 Å².